The highest BCUT2D eigenvalue weighted by molar-refractivity contribution is 6.35. The highest BCUT2D eigenvalue weighted by Gasteiger charge is 2.55. The van der Waals surface area contributed by atoms with Crippen molar-refractivity contribution >= 4 is 34.4 Å². The van der Waals surface area contributed by atoms with Gasteiger partial charge in [0, 0.05) is 6.42 Å². The van der Waals surface area contributed by atoms with Gasteiger partial charge in [0.25, 0.3) is 0 Å². The Kier molecular flexibility index (Phi) is 2.84. The molecule has 4 rings (SSSR count). The minimum atomic E-state index is -0.705. The summed E-state index contributed by atoms with van der Waals surface area (Å²) in [5, 5.41) is 13.6. The lowest BCUT2D eigenvalue weighted by molar-refractivity contribution is -0.166. The number of aromatic nitrogens is 4. The van der Waals surface area contributed by atoms with E-state index in [0.29, 0.717) is 17.6 Å². The number of hydrogen-bond donors (Lipinski definition) is 2. The zero-order valence-corrected chi connectivity index (χ0v) is 12.9. The molecular formula is C12H14Cl2N4O3. The molecule has 3 heterocycles. The summed E-state index contributed by atoms with van der Waals surface area (Å²) in [7, 11) is 0. The molecule has 0 unspecified atom stereocenters. The Morgan fingerprint density at radius 1 is 1.29 bits per heavy atom. The normalized spacial score (nSPS) is 34.7. The maximum Gasteiger partial charge on any atom is 0.225 e. The molecule has 0 amide bonds. The SMILES string of the molecule is CC1(C)O[C@@H]2[C@H](O1)[C@@H](O)C[C@H]2n1[nH]c2c(Cl)nc(Cl)nc21. The summed E-state index contributed by atoms with van der Waals surface area (Å²) in [6, 6.07) is -0.110. The molecule has 1 aliphatic heterocycles. The van der Waals surface area contributed by atoms with Crippen LogP contribution in [-0.2, 0) is 9.47 Å². The average Bonchev–Trinajstić information content (AvgIpc) is 2.80. The molecule has 1 saturated carbocycles. The predicted octanol–water partition coefficient (Wildman–Crippen LogP) is 1.89. The van der Waals surface area contributed by atoms with Crippen LogP contribution in [0.5, 0.6) is 0 Å². The van der Waals surface area contributed by atoms with Crippen molar-refractivity contribution in [3.63, 3.8) is 0 Å². The molecule has 2 aliphatic rings. The van der Waals surface area contributed by atoms with Gasteiger partial charge in [0.15, 0.2) is 16.6 Å². The van der Waals surface area contributed by atoms with E-state index in [-0.39, 0.29) is 28.7 Å². The maximum absolute atomic E-state index is 10.2. The van der Waals surface area contributed by atoms with Crippen LogP contribution in [0.3, 0.4) is 0 Å². The number of aliphatic hydroxyl groups excluding tert-OH is 1. The summed E-state index contributed by atoms with van der Waals surface area (Å²) in [4.78, 5) is 8.05. The van der Waals surface area contributed by atoms with Crippen molar-refractivity contribution in [3.05, 3.63) is 10.4 Å². The van der Waals surface area contributed by atoms with Crippen LogP contribution in [0.15, 0.2) is 0 Å². The zero-order valence-electron chi connectivity index (χ0n) is 11.4. The van der Waals surface area contributed by atoms with Crippen LogP contribution in [-0.4, -0.2) is 49.0 Å². The van der Waals surface area contributed by atoms with Crippen molar-refractivity contribution in [1.29, 1.82) is 0 Å². The van der Waals surface area contributed by atoms with Crippen LogP contribution < -0.4 is 0 Å². The molecule has 0 aromatic carbocycles. The average molecular weight is 333 g/mol. The van der Waals surface area contributed by atoms with Crippen molar-refractivity contribution in [3.8, 4) is 0 Å². The van der Waals surface area contributed by atoms with Crippen LogP contribution >= 0.6 is 23.2 Å². The van der Waals surface area contributed by atoms with Gasteiger partial charge in [-0.2, -0.15) is 4.98 Å². The van der Waals surface area contributed by atoms with E-state index in [4.69, 9.17) is 32.7 Å². The van der Waals surface area contributed by atoms with Gasteiger partial charge in [0.05, 0.1) is 12.1 Å². The Hall–Kier alpha value is -0.860. The number of nitrogens with one attached hydrogen (secondary N) is 1. The van der Waals surface area contributed by atoms with E-state index in [0.717, 1.165) is 0 Å². The van der Waals surface area contributed by atoms with Crippen LogP contribution in [0.2, 0.25) is 10.4 Å². The highest BCUT2D eigenvalue weighted by atomic mass is 35.5. The minimum Gasteiger partial charge on any atom is -0.390 e. The molecule has 7 nitrogen and oxygen atoms in total. The summed E-state index contributed by atoms with van der Waals surface area (Å²) in [6.45, 7) is 3.67. The van der Waals surface area contributed by atoms with E-state index in [1.807, 2.05) is 18.5 Å². The molecule has 1 saturated heterocycles. The standard InChI is InChI=1S/C12H14Cl2N4O3/c1-12(2)20-7-4(3-5(19)8(7)21-12)18-10-6(17-18)9(13)15-11(14)16-10/h4-5,7-8,17,19H,3H2,1-2H3/t4-,5+,7+,8-/m1/s1. The van der Waals surface area contributed by atoms with Crippen LogP contribution in [0.4, 0.5) is 0 Å². The first kappa shape index (κ1) is 13.8. The number of rotatable bonds is 1. The fraction of sp³-hybridized carbons (Fsp3) is 0.667. The van der Waals surface area contributed by atoms with Crippen molar-refractivity contribution < 1.29 is 14.6 Å². The number of H-pyrrole nitrogens is 1. The molecule has 0 spiro atoms. The number of hydrogen-bond acceptors (Lipinski definition) is 5. The fourth-order valence-electron chi connectivity index (χ4n) is 3.21. The third-order valence-corrected chi connectivity index (χ3v) is 4.46. The lowest BCUT2D eigenvalue weighted by Gasteiger charge is -2.27. The maximum atomic E-state index is 10.2. The molecule has 21 heavy (non-hydrogen) atoms. The third kappa shape index (κ3) is 1.99. The van der Waals surface area contributed by atoms with Crippen molar-refractivity contribution in [2.45, 2.75) is 50.4 Å². The first-order valence-electron chi connectivity index (χ1n) is 6.68. The number of fused-ring (bicyclic) bond motifs is 2. The van der Waals surface area contributed by atoms with E-state index in [1.165, 1.54) is 0 Å². The second-order valence-corrected chi connectivity index (χ2v) is 6.60. The minimum absolute atomic E-state index is 0.0873. The Bertz CT molecular complexity index is 713. The van der Waals surface area contributed by atoms with Crippen molar-refractivity contribution in [1.82, 2.24) is 19.7 Å². The Labute approximate surface area is 130 Å². The first-order valence-corrected chi connectivity index (χ1v) is 7.44. The van der Waals surface area contributed by atoms with E-state index in [9.17, 15) is 5.11 Å². The molecule has 2 N–H and O–H groups in total. The topological polar surface area (TPSA) is 85.2 Å². The quantitative estimate of drug-likeness (QED) is 0.615. The molecule has 4 atom stereocenters. The number of aliphatic hydroxyl groups is 1. The Morgan fingerprint density at radius 3 is 2.76 bits per heavy atom. The van der Waals surface area contributed by atoms with E-state index >= 15 is 0 Å². The van der Waals surface area contributed by atoms with Gasteiger partial charge in [0.2, 0.25) is 5.28 Å². The summed E-state index contributed by atoms with van der Waals surface area (Å²) >= 11 is 11.8. The largest absolute Gasteiger partial charge is 0.390 e. The number of aromatic amines is 1. The van der Waals surface area contributed by atoms with Crippen LogP contribution in [0.25, 0.3) is 11.2 Å². The smallest absolute Gasteiger partial charge is 0.225 e. The lowest BCUT2D eigenvalue weighted by Crippen LogP contribution is -2.31. The summed E-state index contributed by atoms with van der Waals surface area (Å²) in [6.07, 6.45) is -0.663. The number of nitrogens with zero attached hydrogens (tertiary/aromatic N) is 3. The van der Waals surface area contributed by atoms with Gasteiger partial charge in [-0.1, -0.05) is 11.6 Å². The summed E-state index contributed by atoms with van der Waals surface area (Å²) < 4.78 is 13.5. The molecule has 1 aliphatic carbocycles. The Balaban J connectivity index is 1.73. The van der Waals surface area contributed by atoms with Gasteiger partial charge in [-0.15, -0.1) is 0 Å². The van der Waals surface area contributed by atoms with Gasteiger partial charge in [0.1, 0.15) is 17.7 Å². The van der Waals surface area contributed by atoms with E-state index in [2.05, 4.69) is 15.1 Å². The monoisotopic (exact) mass is 332 g/mol. The predicted molar refractivity (Wildman–Crippen MR) is 75.4 cm³/mol. The number of ether oxygens (including phenoxy) is 2. The lowest BCUT2D eigenvalue weighted by atomic mass is 10.2. The summed E-state index contributed by atoms with van der Waals surface area (Å²) in [5.74, 6) is -0.705. The molecule has 0 radical (unpaired) electrons. The summed E-state index contributed by atoms with van der Waals surface area (Å²) in [5.41, 5.74) is 1.25. The fourth-order valence-corrected chi connectivity index (χ4v) is 3.62. The zero-order chi connectivity index (χ0) is 14.9. The van der Waals surface area contributed by atoms with E-state index in [1.54, 1.807) is 0 Å². The molecule has 114 valence electrons. The molecule has 2 aromatic heterocycles. The molecule has 2 aromatic rings. The van der Waals surface area contributed by atoms with Crippen molar-refractivity contribution in [2.24, 2.45) is 0 Å². The van der Waals surface area contributed by atoms with Crippen molar-refractivity contribution in [2.75, 3.05) is 0 Å². The van der Waals surface area contributed by atoms with Gasteiger partial charge >= 0.3 is 0 Å². The van der Waals surface area contributed by atoms with Crippen LogP contribution in [0, 0.1) is 0 Å². The van der Waals surface area contributed by atoms with Gasteiger partial charge in [-0.25, -0.2) is 4.98 Å². The second-order valence-electron chi connectivity index (χ2n) is 5.90. The second kappa shape index (κ2) is 4.33. The molecule has 9 heteroatoms. The third-order valence-electron chi connectivity index (χ3n) is 4.02. The van der Waals surface area contributed by atoms with E-state index < -0.39 is 11.9 Å². The Morgan fingerprint density at radius 2 is 2.00 bits per heavy atom. The molecular weight excluding hydrogens is 319 g/mol. The van der Waals surface area contributed by atoms with Gasteiger partial charge < -0.3 is 14.6 Å². The van der Waals surface area contributed by atoms with Gasteiger partial charge in [-0.3, -0.25) is 9.78 Å². The molecule has 0 bridgehead atoms. The highest BCUT2D eigenvalue weighted by Crippen LogP contribution is 2.45. The molecule has 2 fully saturated rings. The number of halogens is 2. The van der Waals surface area contributed by atoms with Crippen LogP contribution in [0.1, 0.15) is 26.3 Å². The van der Waals surface area contributed by atoms with Gasteiger partial charge in [-0.05, 0) is 25.4 Å². The first-order chi connectivity index (χ1) is 9.85.